The van der Waals surface area contributed by atoms with Crippen LogP contribution < -0.4 is 10.1 Å². The summed E-state index contributed by atoms with van der Waals surface area (Å²) in [6, 6.07) is 18.6. The largest absolute Gasteiger partial charge is 0.491 e. The Hall–Kier alpha value is -2.96. The lowest BCUT2D eigenvalue weighted by Crippen LogP contribution is -2.31. The Kier molecular flexibility index (Phi) is 6.53. The second-order valence-electron chi connectivity index (χ2n) is 9.93. The van der Waals surface area contributed by atoms with Crippen LogP contribution in [0.2, 0.25) is 0 Å². The molecule has 2 aliphatic heterocycles. The number of anilines is 1. The number of ether oxygens (including phenoxy) is 1. The average molecular weight is 459 g/mol. The van der Waals surface area contributed by atoms with Gasteiger partial charge in [-0.2, -0.15) is 0 Å². The number of pyridine rings is 1. The fourth-order valence-electron chi connectivity index (χ4n) is 5.00. The fourth-order valence-corrected chi connectivity index (χ4v) is 5.00. The standard InChI is InChI=1S/C28H34N4O2/c1-28(2)23-9-5-11-25(26(23)30-27(28)33)34-19-7-16-31-14-6-15-32(18-17-31)20-22-13-12-21-8-3-4-10-24(21)29-22/h3-5,8-13H,6-7,14-20H2,1-2H3,(H,30,33). The molecule has 1 amide bonds. The van der Waals surface area contributed by atoms with E-state index in [9.17, 15) is 4.79 Å². The predicted molar refractivity (Wildman–Crippen MR) is 136 cm³/mol. The van der Waals surface area contributed by atoms with Gasteiger partial charge in [0.25, 0.3) is 0 Å². The number of nitrogens with zero attached hydrogens (tertiary/aromatic N) is 3. The van der Waals surface area contributed by atoms with E-state index in [0.29, 0.717) is 6.61 Å². The van der Waals surface area contributed by atoms with Gasteiger partial charge in [-0.25, -0.2) is 0 Å². The van der Waals surface area contributed by atoms with Crippen molar-refractivity contribution in [1.82, 2.24) is 14.8 Å². The van der Waals surface area contributed by atoms with E-state index in [4.69, 9.17) is 9.72 Å². The molecule has 3 aromatic rings. The molecule has 2 aliphatic rings. The molecule has 0 spiro atoms. The number of para-hydroxylation sites is 2. The first-order chi connectivity index (χ1) is 16.5. The lowest BCUT2D eigenvalue weighted by molar-refractivity contribution is -0.119. The van der Waals surface area contributed by atoms with Gasteiger partial charge in [-0.05, 0) is 63.5 Å². The number of carbonyl (C=O) groups is 1. The van der Waals surface area contributed by atoms with Crippen molar-refractivity contribution in [2.24, 2.45) is 0 Å². The zero-order valence-corrected chi connectivity index (χ0v) is 20.2. The number of rotatable bonds is 7. The SMILES string of the molecule is CC1(C)C(=O)Nc2c(OCCCN3CCCN(Cc4ccc5ccccc5n4)CC3)cccc21. The third kappa shape index (κ3) is 4.79. The molecule has 3 heterocycles. The Morgan fingerprint density at radius 2 is 1.79 bits per heavy atom. The molecule has 5 rings (SSSR count). The van der Waals surface area contributed by atoms with Crippen molar-refractivity contribution in [2.75, 3.05) is 44.6 Å². The minimum Gasteiger partial charge on any atom is -0.491 e. The number of hydrogen-bond donors (Lipinski definition) is 1. The predicted octanol–water partition coefficient (Wildman–Crippen LogP) is 4.44. The third-order valence-corrected chi connectivity index (χ3v) is 7.10. The highest BCUT2D eigenvalue weighted by molar-refractivity contribution is 6.07. The fraction of sp³-hybridized carbons (Fsp3) is 0.429. The van der Waals surface area contributed by atoms with Crippen molar-refractivity contribution in [3.05, 3.63) is 65.9 Å². The van der Waals surface area contributed by atoms with Crippen LogP contribution in [0.15, 0.2) is 54.6 Å². The molecule has 0 atom stereocenters. The second kappa shape index (κ2) is 9.72. The maximum Gasteiger partial charge on any atom is 0.234 e. The van der Waals surface area contributed by atoms with Crippen LogP contribution in [0.5, 0.6) is 5.75 Å². The summed E-state index contributed by atoms with van der Waals surface area (Å²) in [5, 5.41) is 4.20. The molecule has 0 saturated carbocycles. The molecule has 1 fully saturated rings. The van der Waals surface area contributed by atoms with Crippen LogP contribution in [0.25, 0.3) is 10.9 Å². The highest BCUT2D eigenvalue weighted by atomic mass is 16.5. The molecule has 0 aliphatic carbocycles. The first-order valence-corrected chi connectivity index (χ1v) is 12.4. The Balaban J connectivity index is 1.09. The molecule has 1 aromatic heterocycles. The Labute approximate surface area is 201 Å². The van der Waals surface area contributed by atoms with E-state index in [1.165, 1.54) is 11.8 Å². The van der Waals surface area contributed by atoms with Crippen molar-refractivity contribution >= 4 is 22.5 Å². The van der Waals surface area contributed by atoms with Crippen LogP contribution in [0.3, 0.4) is 0 Å². The molecule has 0 bridgehead atoms. The van der Waals surface area contributed by atoms with E-state index in [1.54, 1.807) is 0 Å². The van der Waals surface area contributed by atoms with E-state index in [2.05, 4.69) is 51.5 Å². The van der Waals surface area contributed by atoms with Crippen molar-refractivity contribution in [3.8, 4) is 5.75 Å². The van der Waals surface area contributed by atoms with E-state index >= 15 is 0 Å². The average Bonchev–Trinajstić information content (AvgIpc) is 2.96. The van der Waals surface area contributed by atoms with Gasteiger partial charge in [0.05, 0.1) is 28.9 Å². The minimum absolute atomic E-state index is 0.0339. The summed E-state index contributed by atoms with van der Waals surface area (Å²) < 4.78 is 6.09. The monoisotopic (exact) mass is 458 g/mol. The zero-order chi connectivity index (χ0) is 23.5. The number of nitrogens with one attached hydrogen (secondary N) is 1. The number of carbonyl (C=O) groups excluding carboxylic acids is 1. The summed E-state index contributed by atoms with van der Waals surface area (Å²) in [5.41, 5.74) is 3.57. The maximum absolute atomic E-state index is 12.3. The molecule has 2 aromatic carbocycles. The number of benzene rings is 2. The Bertz CT molecular complexity index is 1180. The highest BCUT2D eigenvalue weighted by Crippen LogP contribution is 2.42. The van der Waals surface area contributed by atoms with Crippen LogP contribution in [0.4, 0.5) is 5.69 Å². The summed E-state index contributed by atoms with van der Waals surface area (Å²) in [7, 11) is 0. The van der Waals surface area contributed by atoms with Gasteiger partial charge in [0.1, 0.15) is 5.75 Å². The molecule has 178 valence electrons. The number of hydrogen-bond acceptors (Lipinski definition) is 5. The molecule has 6 heteroatoms. The van der Waals surface area contributed by atoms with Gasteiger partial charge in [-0.15, -0.1) is 0 Å². The smallest absolute Gasteiger partial charge is 0.234 e. The number of aromatic nitrogens is 1. The summed E-state index contributed by atoms with van der Waals surface area (Å²) in [6.07, 6.45) is 2.13. The molecule has 6 nitrogen and oxygen atoms in total. The Morgan fingerprint density at radius 3 is 2.71 bits per heavy atom. The molecule has 1 saturated heterocycles. The molecular formula is C28H34N4O2. The number of amides is 1. The number of fused-ring (bicyclic) bond motifs is 2. The maximum atomic E-state index is 12.3. The van der Waals surface area contributed by atoms with Crippen molar-refractivity contribution < 1.29 is 9.53 Å². The van der Waals surface area contributed by atoms with Crippen LogP contribution in [0, 0.1) is 0 Å². The first kappa shape index (κ1) is 22.8. The third-order valence-electron chi connectivity index (χ3n) is 7.10. The summed E-state index contributed by atoms with van der Waals surface area (Å²) in [4.78, 5) is 22.2. The summed E-state index contributed by atoms with van der Waals surface area (Å²) in [6.45, 7) is 10.8. The van der Waals surface area contributed by atoms with Crippen molar-refractivity contribution in [3.63, 3.8) is 0 Å². The van der Waals surface area contributed by atoms with Gasteiger partial charge in [0, 0.05) is 31.6 Å². The van der Waals surface area contributed by atoms with Crippen LogP contribution in [-0.4, -0.2) is 60.0 Å². The van der Waals surface area contributed by atoms with E-state index in [1.807, 2.05) is 32.0 Å². The van der Waals surface area contributed by atoms with Crippen molar-refractivity contribution in [1.29, 1.82) is 0 Å². The van der Waals surface area contributed by atoms with Crippen LogP contribution in [-0.2, 0) is 16.8 Å². The van der Waals surface area contributed by atoms with Gasteiger partial charge in [-0.1, -0.05) is 36.4 Å². The summed E-state index contributed by atoms with van der Waals surface area (Å²) >= 11 is 0. The summed E-state index contributed by atoms with van der Waals surface area (Å²) in [5.74, 6) is 0.813. The molecule has 34 heavy (non-hydrogen) atoms. The van der Waals surface area contributed by atoms with Gasteiger partial charge < -0.3 is 15.0 Å². The van der Waals surface area contributed by atoms with Crippen molar-refractivity contribution in [2.45, 2.75) is 38.6 Å². The van der Waals surface area contributed by atoms with Gasteiger partial charge in [-0.3, -0.25) is 14.7 Å². The van der Waals surface area contributed by atoms with Crippen LogP contribution >= 0.6 is 0 Å². The van der Waals surface area contributed by atoms with E-state index in [-0.39, 0.29) is 5.91 Å². The highest BCUT2D eigenvalue weighted by Gasteiger charge is 2.39. The van der Waals surface area contributed by atoms with E-state index < -0.39 is 5.41 Å². The zero-order valence-electron chi connectivity index (χ0n) is 20.2. The van der Waals surface area contributed by atoms with Crippen LogP contribution in [0.1, 0.15) is 37.9 Å². The molecule has 0 unspecified atom stereocenters. The topological polar surface area (TPSA) is 57.7 Å². The first-order valence-electron chi connectivity index (χ1n) is 12.4. The Morgan fingerprint density at radius 1 is 0.971 bits per heavy atom. The lowest BCUT2D eigenvalue weighted by Gasteiger charge is -2.22. The quantitative estimate of drug-likeness (QED) is 0.531. The van der Waals surface area contributed by atoms with Gasteiger partial charge in [0.15, 0.2) is 0 Å². The molecular weight excluding hydrogens is 424 g/mol. The lowest BCUT2D eigenvalue weighted by atomic mass is 9.86. The normalized spacial score (nSPS) is 18.5. The second-order valence-corrected chi connectivity index (χ2v) is 9.93. The minimum atomic E-state index is -0.505. The van der Waals surface area contributed by atoms with E-state index in [0.717, 1.165) is 73.9 Å². The molecule has 0 radical (unpaired) electrons. The van der Waals surface area contributed by atoms with Gasteiger partial charge in [0.2, 0.25) is 5.91 Å². The van der Waals surface area contributed by atoms with Gasteiger partial charge >= 0.3 is 0 Å². The molecule has 1 N–H and O–H groups in total.